The summed E-state index contributed by atoms with van der Waals surface area (Å²) in [6.07, 6.45) is 0. The normalized spacial score (nSPS) is 17.0. The van der Waals surface area contributed by atoms with Crippen LogP contribution in [-0.2, 0) is 0 Å². The van der Waals surface area contributed by atoms with E-state index >= 15 is 0 Å². The van der Waals surface area contributed by atoms with Gasteiger partial charge in [-0.2, -0.15) is 0 Å². The highest BCUT2D eigenvalue weighted by molar-refractivity contribution is 6.86. The smallest absolute Gasteiger partial charge is 0.0655 e. The summed E-state index contributed by atoms with van der Waals surface area (Å²) in [5.74, 6) is 0. The van der Waals surface area contributed by atoms with Crippen molar-refractivity contribution in [2.45, 2.75) is 51.3 Å². The second-order valence-electron chi connectivity index (χ2n) is 4.76. The third-order valence-corrected chi connectivity index (χ3v) is 9.21. The standard InChI is InChI=1S/C8H19BSi/c1-7(9)10(5,6)8(2,3)4/h7H,1-6H3. The zero-order valence-electron chi connectivity index (χ0n) is 8.15. The van der Waals surface area contributed by atoms with Crippen LogP contribution < -0.4 is 0 Å². The van der Waals surface area contributed by atoms with Crippen LogP contribution in [0.25, 0.3) is 0 Å². The van der Waals surface area contributed by atoms with E-state index in [0.717, 1.165) is 0 Å². The van der Waals surface area contributed by atoms with Gasteiger partial charge in [0.25, 0.3) is 0 Å². The first kappa shape index (κ1) is 10.3. The van der Waals surface area contributed by atoms with Crippen molar-refractivity contribution in [1.82, 2.24) is 0 Å². The second-order valence-corrected chi connectivity index (χ2v) is 10.6. The molecule has 0 nitrogen and oxygen atoms in total. The van der Waals surface area contributed by atoms with Crippen molar-refractivity contribution in [3.63, 3.8) is 0 Å². The molecule has 0 N–H and O–H groups in total. The van der Waals surface area contributed by atoms with Crippen LogP contribution in [0, 0.1) is 0 Å². The van der Waals surface area contributed by atoms with E-state index in [9.17, 15) is 0 Å². The molecule has 0 saturated carbocycles. The van der Waals surface area contributed by atoms with E-state index < -0.39 is 8.07 Å². The molecule has 58 valence electrons. The van der Waals surface area contributed by atoms with Crippen molar-refractivity contribution in [3.05, 3.63) is 0 Å². The molecule has 2 heteroatoms. The quantitative estimate of drug-likeness (QED) is 0.509. The minimum absolute atomic E-state index is 0.396. The summed E-state index contributed by atoms with van der Waals surface area (Å²) in [4.78, 5) is 0. The van der Waals surface area contributed by atoms with Gasteiger partial charge in [-0.25, -0.2) is 0 Å². The lowest BCUT2D eigenvalue weighted by Gasteiger charge is -2.40. The fourth-order valence-corrected chi connectivity index (χ4v) is 2.05. The van der Waals surface area contributed by atoms with Gasteiger partial charge in [0.1, 0.15) is 0 Å². The van der Waals surface area contributed by atoms with Crippen molar-refractivity contribution in [2.75, 3.05) is 0 Å². The Balaban J connectivity index is 4.40. The fraction of sp³-hybridized carbons (Fsp3) is 1.00. The van der Waals surface area contributed by atoms with Gasteiger partial charge in [-0.15, -0.1) is 0 Å². The Kier molecular flexibility index (Phi) is 2.80. The van der Waals surface area contributed by atoms with Gasteiger partial charge in [-0.05, 0) is 5.04 Å². The summed E-state index contributed by atoms with van der Waals surface area (Å²) in [6, 6.07) is 0. The maximum atomic E-state index is 5.92. The molecule has 0 rings (SSSR count). The molecule has 0 heterocycles. The van der Waals surface area contributed by atoms with Crippen LogP contribution in [0.5, 0.6) is 0 Å². The molecule has 0 aliphatic carbocycles. The monoisotopic (exact) mass is 154 g/mol. The molecule has 0 fully saturated rings. The Morgan fingerprint density at radius 3 is 1.50 bits per heavy atom. The Bertz CT molecular complexity index is 111. The Hall–Kier alpha value is 0.282. The second kappa shape index (κ2) is 2.73. The van der Waals surface area contributed by atoms with Gasteiger partial charge < -0.3 is 0 Å². The van der Waals surface area contributed by atoms with Crippen molar-refractivity contribution >= 4 is 15.9 Å². The molecule has 0 spiro atoms. The lowest BCUT2D eigenvalue weighted by atomic mass is 10.1. The van der Waals surface area contributed by atoms with Gasteiger partial charge in [0.15, 0.2) is 0 Å². The topological polar surface area (TPSA) is 0 Å². The molecule has 0 aromatic heterocycles. The molecular weight excluding hydrogens is 135 g/mol. The van der Waals surface area contributed by atoms with Crippen molar-refractivity contribution in [1.29, 1.82) is 0 Å². The molecule has 1 atom stereocenters. The summed E-state index contributed by atoms with van der Waals surface area (Å²) in [6.45, 7) is 13.7. The first-order valence-corrected chi connectivity index (χ1v) is 7.03. The zero-order chi connectivity index (χ0) is 8.58. The van der Waals surface area contributed by atoms with E-state index in [1.54, 1.807) is 0 Å². The summed E-state index contributed by atoms with van der Waals surface area (Å²) in [5, 5.41) is 0.432. The number of hydrogen-bond donors (Lipinski definition) is 0. The van der Waals surface area contributed by atoms with E-state index in [2.05, 4.69) is 40.8 Å². The Morgan fingerprint density at radius 1 is 1.20 bits per heavy atom. The zero-order valence-corrected chi connectivity index (χ0v) is 9.15. The molecule has 0 saturated heterocycles. The van der Waals surface area contributed by atoms with Crippen LogP contribution in [0.2, 0.25) is 23.6 Å². The molecule has 0 aromatic carbocycles. The SMILES string of the molecule is [B]C(C)[Si](C)(C)C(C)(C)C. The number of hydrogen-bond acceptors (Lipinski definition) is 0. The summed E-state index contributed by atoms with van der Waals surface area (Å²) in [5.41, 5.74) is 0.396. The van der Waals surface area contributed by atoms with Gasteiger partial charge in [0.05, 0.1) is 7.85 Å². The van der Waals surface area contributed by atoms with Gasteiger partial charge in [-0.3, -0.25) is 0 Å². The van der Waals surface area contributed by atoms with Crippen LogP contribution in [0.15, 0.2) is 0 Å². The van der Waals surface area contributed by atoms with Crippen LogP contribution in [0.1, 0.15) is 27.7 Å². The van der Waals surface area contributed by atoms with Gasteiger partial charge in [0, 0.05) is 8.07 Å². The minimum atomic E-state index is -1.20. The van der Waals surface area contributed by atoms with Crippen molar-refractivity contribution < 1.29 is 0 Å². The highest BCUT2D eigenvalue weighted by atomic mass is 28.3. The molecule has 2 radical (unpaired) electrons. The van der Waals surface area contributed by atoms with Gasteiger partial charge >= 0.3 is 0 Å². The van der Waals surface area contributed by atoms with E-state index in [0.29, 0.717) is 10.5 Å². The largest absolute Gasteiger partial charge is 0.0833 e. The fourth-order valence-electron chi connectivity index (χ4n) is 0.683. The first-order valence-electron chi connectivity index (χ1n) is 3.95. The average molecular weight is 154 g/mol. The molecule has 1 unspecified atom stereocenters. The molecular formula is C8H19BSi. The van der Waals surface area contributed by atoms with Crippen LogP contribution in [0.3, 0.4) is 0 Å². The van der Waals surface area contributed by atoms with Crippen LogP contribution in [-0.4, -0.2) is 15.9 Å². The maximum Gasteiger partial charge on any atom is 0.0655 e. The van der Waals surface area contributed by atoms with Gasteiger partial charge in [0.2, 0.25) is 0 Å². The van der Waals surface area contributed by atoms with E-state index in [1.165, 1.54) is 0 Å². The molecule has 0 aliphatic heterocycles. The highest BCUT2D eigenvalue weighted by Gasteiger charge is 2.36. The van der Waals surface area contributed by atoms with E-state index in [4.69, 9.17) is 7.85 Å². The lowest BCUT2D eigenvalue weighted by Crippen LogP contribution is -2.41. The van der Waals surface area contributed by atoms with E-state index in [-0.39, 0.29) is 0 Å². The van der Waals surface area contributed by atoms with Crippen LogP contribution in [0.4, 0.5) is 0 Å². The molecule has 0 amide bonds. The Labute approximate surface area is 67.8 Å². The molecule has 10 heavy (non-hydrogen) atoms. The maximum absolute atomic E-state index is 5.92. The summed E-state index contributed by atoms with van der Waals surface area (Å²) < 4.78 is 0. The van der Waals surface area contributed by atoms with Gasteiger partial charge in [-0.1, -0.05) is 46.2 Å². The lowest BCUT2D eigenvalue weighted by molar-refractivity contribution is 0.711. The highest BCUT2D eigenvalue weighted by Crippen LogP contribution is 2.41. The predicted molar refractivity (Wildman–Crippen MR) is 52.4 cm³/mol. The minimum Gasteiger partial charge on any atom is -0.0833 e. The average Bonchev–Trinajstić information content (AvgIpc) is 1.62. The third kappa shape index (κ3) is 1.88. The summed E-state index contributed by atoms with van der Waals surface area (Å²) in [7, 11) is 4.71. The third-order valence-electron chi connectivity index (χ3n) is 3.07. The van der Waals surface area contributed by atoms with Crippen molar-refractivity contribution in [2.24, 2.45) is 0 Å². The molecule has 0 bridgehead atoms. The van der Waals surface area contributed by atoms with E-state index in [1.807, 2.05) is 0 Å². The van der Waals surface area contributed by atoms with Crippen LogP contribution >= 0.6 is 0 Å². The molecule has 0 aromatic rings. The van der Waals surface area contributed by atoms with Crippen molar-refractivity contribution in [3.8, 4) is 0 Å². The summed E-state index contributed by atoms with van der Waals surface area (Å²) >= 11 is 0. The number of rotatable bonds is 1. The predicted octanol–water partition coefficient (Wildman–Crippen LogP) is 3.01. The Morgan fingerprint density at radius 2 is 1.50 bits per heavy atom. The molecule has 0 aliphatic rings. The first-order chi connectivity index (χ1) is 4.19.